The molecule has 3 nitrogen and oxygen atoms in total. The summed E-state index contributed by atoms with van der Waals surface area (Å²) in [6, 6.07) is 0. The molecule has 0 saturated heterocycles. The maximum atomic E-state index is 11.3. The molecule has 0 aromatic carbocycles. The van der Waals surface area contributed by atoms with Crippen molar-refractivity contribution in [2.45, 2.75) is 78.1 Å². The minimum atomic E-state index is -1.53. The van der Waals surface area contributed by atoms with Crippen molar-refractivity contribution in [1.29, 1.82) is 0 Å². The molecule has 0 aliphatic heterocycles. The molecule has 0 N–H and O–H groups in total. The Kier molecular flexibility index (Phi) is 15.2. The maximum Gasteiger partial charge on any atom is 0.304 e. The Morgan fingerprint density at radius 2 is 1.06 bits per heavy atom. The van der Waals surface area contributed by atoms with Gasteiger partial charge < -0.3 is 0 Å². The van der Waals surface area contributed by atoms with Crippen molar-refractivity contribution in [1.82, 2.24) is 0 Å². The summed E-state index contributed by atoms with van der Waals surface area (Å²) in [7, 11) is 0. The number of unbranched alkanes of at least 4 members (excludes halogenated alkanes) is 8. The van der Waals surface area contributed by atoms with Gasteiger partial charge in [0.2, 0.25) is 0 Å². The van der Waals surface area contributed by atoms with E-state index in [1.165, 1.54) is 38.5 Å². The highest BCUT2D eigenvalue weighted by atomic mass is 32.2. The Bertz CT molecular complexity index is 168. The minimum Gasteiger partial charge on any atom is -0.268 e. The van der Waals surface area contributed by atoms with Gasteiger partial charge in [0.15, 0.2) is 0 Å². The van der Waals surface area contributed by atoms with Crippen molar-refractivity contribution >= 4 is 11.4 Å². The molecule has 18 heavy (non-hydrogen) atoms. The summed E-state index contributed by atoms with van der Waals surface area (Å²) in [4.78, 5) is 0. The van der Waals surface area contributed by atoms with Crippen molar-refractivity contribution in [3.63, 3.8) is 0 Å². The zero-order valence-corrected chi connectivity index (χ0v) is 12.9. The predicted molar refractivity (Wildman–Crippen MR) is 77.6 cm³/mol. The van der Waals surface area contributed by atoms with Crippen LogP contribution in [0.5, 0.6) is 0 Å². The third kappa shape index (κ3) is 14.1. The van der Waals surface area contributed by atoms with Gasteiger partial charge in [-0.25, -0.2) is 0 Å². The van der Waals surface area contributed by atoms with E-state index in [0.29, 0.717) is 13.2 Å². The average molecular weight is 278 g/mol. The molecule has 0 heterocycles. The lowest BCUT2D eigenvalue weighted by molar-refractivity contribution is 0.241. The molecule has 0 aliphatic carbocycles. The second-order valence-corrected chi connectivity index (χ2v) is 5.56. The Balaban J connectivity index is 3.12. The van der Waals surface area contributed by atoms with Crippen LogP contribution in [-0.4, -0.2) is 17.4 Å². The van der Waals surface area contributed by atoms with E-state index < -0.39 is 11.4 Å². The van der Waals surface area contributed by atoms with Crippen LogP contribution in [0, 0.1) is 0 Å². The van der Waals surface area contributed by atoms with Crippen molar-refractivity contribution in [3.05, 3.63) is 0 Å². The molecular weight excluding hydrogens is 248 g/mol. The topological polar surface area (TPSA) is 35.5 Å². The molecule has 0 amide bonds. The molecule has 4 heteroatoms. The smallest absolute Gasteiger partial charge is 0.268 e. The van der Waals surface area contributed by atoms with Crippen LogP contribution in [0.3, 0.4) is 0 Å². The minimum absolute atomic E-state index is 0.548. The van der Waals surface area contributed by atoms with Gasteiger partial charge in [0, 0.05) is 0 Å². The van der Waals surface area contributed by atoms with E-state index in [2.05, 4.69) is 13.8 Å². The molecule has 0 spiro atoms. The van der Waals surface area contributed by atoms with Crippen molar-refractivity contribution in [2.24, 2.45) is 0 Å². The van der Waals surface area contributed by atoms with Crippen LogP contribution < -0.4 is 0 Å². The summed E-state index contributed by atoms with van der Waals surface area (Å²) in [5.74, 6) is 0. The number of hydrogen-bond donors (Lipinski definition) is 0. The van der Waals surface area contributed by atoms with Crippen LogP contribution in [0.1, 0.15) is 78.1 Å². The van der Waals surface area contributed by atoms with Gasteiger partial charge in [-0.05, 0) is 12.8 Å². The average Bonchev–Trinajstić information content (AvgIpc) is 2.38. The van der Waals surface area contributed by atoms with E-state index >= 15 is 0 Å². The molecule has 0 aromatic heterocycles. The molecule has 0 atom stereocenters. The van der Waals surface area contributed by atoms with E-state index in [9.17, 15) is 4.21 Å². The standard InChI is InChI=1S/C14H30O3S/c1-3-5-7-9-11-13-16-18(15)17-14-12-10-8-6-4-2/h3-14H2,1-2H3. The fourth-order valence-corrected chi connectivity index (χ4v) is 2.28. The quantitative estimate of drug-likeness (QED) is 0.438. The largest absolute Gasteiger partial charge is 0.304 e. The van der Waals surface area contributed by atoms with Gasteiger partial charge in [0.1, 0.15) is 0 Å². The van der Waals surface area contributed by atoms with Gasteiger partial charge in [-0.1, -0.05) is 65.2 Å². The monoisotopic (exact) mass is 278 g/mol. The van der Waals surface area contributed by atoms with Crippen LogP contribution >= 0.6 is 0 Å². The second kappa shape index (κ2) is 15.1. The summed E-state index contributed by atoms with van der Waals surface area (Å²) < 4.78 is 21.5. The van der Waals surface area contributed by atoms with Gasteiger partial charge >= 0.3 is 11.4 Å². The third-order valence-electron chi connectivity index (χ3n) is 2.85. The van der Waals surface area contributed by atoms with Crippen LogP contribution in [-0.2, 0) is 19.7 Å². The summed E-state index contributed by atoms with van der Waals surface area (Å²) in [5.41, 5.74) is 0. The SMILES string of the molecule is CCCCCCCOS(=O)OCCCCCCC. The zero-order chi connectivity index (χ0) is 13.5. The lowest BCUT2D eigenvalue weighted by atomic mass is 10.2. The molecule has 0 aromatic rings. The summed E-state index contributed by atoms with van der Waals surface area (Å²) in [5, 5.41) is 0. The molecule has 0 bridgehead atoms. The molecule has 0 unspecified atom stereocenters. The summed E-state index contributed by atoms with van der Waals surface area (Å²) in [6.45, 7) is 5.48. The van der Waals surface area contributed by atoms with Crippen LogP contribution in [0.15, 0.2) is 0 Å². The van der Waals surface area contributed by atoms with E-state index in [0.717, 1.165) is 25.7 Å². The first kappa shape index (κ1) is 18.1. The van der Waals surface area contributed by atoms with E-state index in [-0.39, 0.29) is 0 Å². The summed E-state index contributed by atoms with van der Waals surface area (Å²) >= 11 is -1.53. The Morgan fingerprint density at radius 3 is 1.44 bits per heavy atom. The highest BCUT2D eigenvalue weighted by Crippen LogP contribution is 2.05. The first-order valence-electron chi connectivity index (χ1n) is 7.49. The third-order valence-corrected chi connectivity index (χ3v) is 3.57. The van der Waals surface area contributed by atoms with E-state index in [1.54, 1.807) is 0 Å². The molecule has 0 saturated carbocycles. The molecule has 0 aliphatic rings. The fraction of sp³-hybridized carbons (Fsp3) is 1.00. The number of rotatable bonds is 14. The molecule has 0 fully saturated rings. The number of hydrogen-bond acceptors (Lipinski definition) is 3. The van der Waals surface area contributed by atoms with Crippen LogP contribution in [0.4, 0.5) is 0 Å². The zero-order valence-electron chi connectivity index (χ0n) is 12.1. The first-order chi connectivity index (χ1) is 8.81. The molecule has 110 valence electrons. The van der Waals surface area contributed by atoms with Crippen molar-refractivity contribution in [2.75, 3.05) is 13.2 Å². The van der Waals surface area contributed by atoms with Gasteiger partial charge in [-0.3, -0.25) is 8.37 Å². The van der Waals surface area contributed by atoms with Crippen molar-refractivity contribution in [3.8, 4) is 0 Å². The highest BCUT2D eigenvalue weighted by molar-refractivity contribution is 7.75. The lowest BCUT2D eigenvalue weighted by Gasteiger charge is -2.04. The Labute approximate surface area is 116 Å². The maximum absolute atomic E-state index is 11.3. The van der Waals surface area contributed by atoms with E-state index in [1.807, 2.05) is 0 Å². The van der Waals surface area contributed by atoms with Gasteiger partial charge in [-0.2, -0.15) is 4.21 Å². The first-order valence-corrected chi connectivity index (χ1v) is 8.49. The Hall–Kier alpha value is 0.0700. The predicted octanol–water partition coefficient (Wildman–Crippen LogP) is 4.54. The second-order valence-electron chi connectivity index (χ2n) is 4.68. The Morgan fingerprint density at radius 1 is 0.667 bits per heavy atom. The van der Waals surface area contributed by atoms with Gasteiger partial charge in [0.25, 0.3) is 0 Å². The fourth-order valence-electron chi connectivity index (χ4n) is 1.70. The molecule has 0 rings (SSSR count). The van der Waals surface area contributed by atoms with Crippen LogP contribution in [0.25, 0.3) is 0 Å². The lowest BCUT2D eigenvalue weighted by Crippen LogP contribution is -2.05. The summed E-state index contributed by atoms with van der Waals surface area (Å²) in [6.07, 6.45) is 11.8. The normalized spacial score (nSPS) is 11.3. The van der Waals surface area contributed by atoms with Gasteiger partial charge in [-0.15, -0.1) is 0 Å². The van der Waals surface area contributed by atoms with Crippen LogP contribution in [0.2, 0.25) is 0 Å². The molecule has 0 radical (unpaired) electrons. The van der Waals surface area contributed by atoms with Gasteiger partial charge in [0.05, 0.1) is 13.2 Å². The molecular formula is C14H30O3S. The van der Waals surface area contributed by atoms with E-state index in [4.69, 9.17) is 8.37 Å². The van der Waals surface area contributed by atoms with Crippen molar-refractivity contribution < 1.29 is 12.6 Å². The highest BCUT2D eigenvalue weighted by Gasteiger charge is 2.00.